The van der Waals surface area contributed by atoms with Gasteiger partial charge in [0.25, 0.3) is 0 Å². The van der Waals surface area contributed by atoms with Gasteiger partial charge < -0.3 is 5.32 Å². The molecule has 0 radical (unpaired) electrons. The van der Waals surface area contributed by atoms with Crippen LogP contribution in [0.4, 0.5) is 4.79 Å². The SMILES string of the molecule is [2H]C1NC(=O)NC1=O. The molecule has 1 heterocycles. The summed E-state index contributed by atoms with van der Waals surface area (Å²) in [5, 5.41) is 3.92. The van der Waals surface area contributed by atoms with Crippen molar-refractivity contribution in [1.82, 2.24) is 10.6 Å². The fraction of sp³-hybridized carbons (Fsp3) is 0.333. The monoisotopic (exact) mass is 101 g/mol. The minimum absolute atomic E-state index is 0.588. The summed E-state index contributed by atoms with van der Waals surface area (Å²) in [6.07, 6.45) is 0. The van der Waals surface area contributed by atoms with Crippen molar-refractivity contribution in [3.8, 4) is 0 Å². The average Bonchev–Trinajstić information content (AvgIpc) is 1.85. The second kappa shape index (κ2) is 1.22. The van der Waals surface area contributed by atoms with E-state index >= 15 is 0 Å². The molecular formula is C3H4N2O2. The number of carbonyl (C=O) groups is 2. The van der Waals surface area contributed by atoms with Gasteiger partial charge in [-0.2, -0.15) is 0 Å². The fourth-order valence-corrected chi connectivity index (χ4v) is 0.315. The molecule has 7 heavy (non-hydrogen) atoms. The van der Waals surface area contributed by atoms with Crippen LogP contribution < -0.4 is 10.6 Å². The van der Waals surface area contributed by atoms with Gasteiger partial charge in [-0.05, 0) is 0 Å². The number of hydrogen-bond acceptors (Lipinski definition) is 2. The van der Waals surface area contributed by atoms with E-state index in [0.717, 1.165) is 0 Å². The third-order valence-electron chi connectivity index (χ3n) is 0.571. The molecule has 0 spiro atoms. The zero-order valence-electron chi connectivity index (χ0n) is 4.39. The standard InChI is InChI=1S/C3H4N2O2/c6-2-1-4-3(7)5-2/h1H2,(H2,4,5,6,7)/i1D. The highest BCUT2D eigenvalue weighted by atomic mass is 16.2. The number of carbonyl (C=O) groups excluding carboxylic acids is 2. The van der Waals surface area contributed by atoms with Crippen LogP contribution in [0.5, 0.6) is 0 Å². The third-order valence-corrected chi connectivity index (χ3v) is 0.571. The van der Waals surface area contributed by atoms with Crippen molar-refractivity contribution >= 4 is 11.9 Å². The topological polar surface area (TPSA) is 58.2 Å². The van der Waals surface area contributed by atoms with E-state index in [-0.39, 0.29) is 0 Å². The first-order chi connectivity index (χ1) is 3.70. The average molecular weight is 101 g/mol. The number of nitrogens with one attached hydrogen (secondary N) is 2. The van der Waals surface area contributed by atoms with Crippen molar-refractivity contribution in [2.24, 2.45) is 0 Å². The van der Waals surface area contributed by atoms with Crippen LogP contribution >= 0.6 is 0 Å². The first-order valence-electron chi connectivity index (χ1n) is 2.31. The summed E-state index contributed by atoms with van der Waals surface area (Å²) in [5.74, 6) is -0.588. The van der Waals surface area contributed by atoms with Crippen molar-refractivity contribution in [3.63, 3.8) is 0 Å². The maximum atomic E-state index is 10.2. The van der Waals surface area contributed by atoms with Crippen molar-refractivity contribution < 1.29 is 11.0 Å². The maximum absolute atomic E-state index is 10.2. The minimum Gasteiger partial charge on any atom is -0.329 e. The summed E-state index contributed by atoms with van der Waals surface area (Å²) in [6.45, 7) is -1.11. The number of imide groups is 1. The van der Waals surface area contributed by atoms with Crippen LogP contribution in [0.25, 0.3) is 0 Å². The zero-order chi connectivity index (χ0) is 6.15. The van der Waals surface area contributed by atoms with Gasteiger partial charge in [0.2, 0.25) is 5.91 Å². The molecule has 0 bridgehead atoms. The summed E-state index contributed by atoms with van der Waals surface area (Å²) < 4.78 is 6.72. The van der Waals surface area contributed by atoms with Gasteiger partial charge in [-0.25, -0.2) is 4.79 Å². The van der Waals surface area contributed by atoms with Gasteiger partial charge in [-0.15, -0.1) is 0 Å². The highest BCUT2D eigenvalue weighted by Gasteiger charge is 2.14. The van der Waals surface area contributed by atoms with E-state index in [0.29, 0.717) is 0 Å². The first kappa shape index (κ1) is 3.01. The summed E-state index contributed by atoms with van der Waals surface area (Å²) in [7, 11) is 0. The Hall–Kier alpha value is -1.06. The second-order valence-electron chi connectivity index (χ2n) is 1.11. The Balaban J connectivity index is 2.64. The van der Waals surface area contributed by atoms with Gasteiger partial charge in [0.05, 0.1) is 7.89 Å². The zero-order valence-corrected chi connectivity index (χ0v) is 3.39. The number of urea groups is 1. The number of rotatable bonds is 0. The molecular weight excluding hydrogens is 96.0 g/mol. The van der Waals surface area contributed by atoms with Gasteiger partial charge in [-0.1, -0.05) is 0 Å². The molecule has 1 aliphatic rings. The maximum Gasteiger partial charge on any atom is 0.321 e. The quantitative estimate of drug-likeness (QED) is 0.377. The van der Waals surface area contributed by atoms with Crippen LogP contribution in [-0.4, -0.2) is 18.5 Å². The lowest BCUT2D eigenvalue weighted by Gasteiger charge is -1.78. The van der Waals surface area contributed by atoms with E-state index in [1.165, 1.54) is 0 Å². The van der Waals surface area contributed by atoms with Crippen LogP contribution in [-0.2, 0) is 4.79 Å². The Bertz CT molecular complexity index is 146. The molecule has 0 aromatic heterocycles. The van der Waals surface area contributed by atoms with E-state index in [1.54, 1.807) is 0 Å². The van der Waals surface area contributed by atoms with Crippen molar-refractivity contribution in [2.45, 2.75) is 0 Å². The highest BCUT2D eigenvalue weighted by Crippen LogP contribution is 1.73. The van der Waals surface area contributed by atoms with Crippen LogP contribution in [0.3, 0.4) is 0 Å². The van der Waals surface area contributed by atoms with Crippen molar-refractivity contribution in [1.29, 1.82) is 0 Å². The van der Waals surface area contributed by atoms with E-state index in [9.17, 15) is 9.59 Å². The molecule has 3 amide bonds. The Morgan fingerprint density at radius 3 is 2.57 bits per heavy atom. The van der Waals surface area contributed by atoms with Gasteiger partial charge in [0.1, 0.15) is 0 Å². The van der Waals surface area contributed by atoms with Gasteiger partial charge >= 0.3 is 6.03 Å². The van der Waals surface area contributed by atoms with Crippen LogP contribution in [0.1, 0.15) is 1.37 Å². The molecule has 1 fully saturated rings. The normalized spacial score (nSPS) is 31.4. The molecule has 1 atom stereocenters. The van der Waals surface area contributed by atoms with E-state index in [4.69, 9.17) is 1.37 Å². The molecule has 0 saturated carbocycles. The smallest absolute Gasteiger partial charge is 0.321 e. The predicted octanol–water partition coefficient (Wildman–Crippen LogP) is -1.17. The Morgan fingerprint density at radius 2 is 2.43 bits per heavy atom. The molecule has 1 aliphatic heterocycles. The molecule has 1 rings (SSSR count). The molecule has 0 aromatic rings. The van der Waals surface area contributed by atoms with Gasteiger partial charge in [0, 0.05) is 0 Å². The molecule has 4 heteroatoms. The number of amides is 3. The number of hydrogen-bond donors (Lipinski definition) is 2. The van der Waals surface area contributed by atoms with Crippen LogP contribution in [0.2, 0.25) is 0 Å². The van der Waals surface area contributed by atoms with Crippen molar-refractivity contribution in [3.05, 3.63) is 0 Å². The Kier molecular flexibility index (Phi) is 0.523. The van der Waals surface area contributed by atoms with Crippen LogP contribution in [0, 0.1) is 0 Å². The molecule has 4 nitrogen and oxygen atoms in total. The second-order valence-corrected chi connectivity index (χ2v) is 1.11. The molecule has 38 valence electrons. The summed E-state index contributed by atoms with van der Waals surface area (Å²) in [4.78, 5) is 20.3. The Labute approximate surface area is 41.3 Å². The molecule has 1 saturated heterocycles. The molecule has 2 N–H and O–H groups in total. The van der Waals surface area contributed by atoms with Crippen molar-refractivity contribution in [2.75, 3.05) is 6.52 Å². The van der Waals surface area contributed by atoms with Crippen LogP contribution in [0.15, 0.2) is 0 Å². The minimum atomic E-state index is -1.11. The van der Waals surface area contributed by atoms with E-state index < -0.39 is 18.5 Å². The fourth-order valence-electron chi connectivity index (χ4n) is 0.315. The van der Waals surface area contributed by atoms with E-state index in [2.05, 4.69) is 0 Å². The summed E-state index contributed by atoms with van der Waals surface area (Å²) >= 11 is 0. The molecule has 0 aliphatic carbocycles. The van der Waals surface area contributed by atoms with Gasteiger partial charge in [0.15, 0.2) is 0 Å². The van der Waals surface area contributed by atoms with Gasteiger partial charge in [-0.3, -0.25) is 10.1 Å². The Morgan fingerprint density at radius 1 is 1.71 bits per heavy atom. The molecule has 1 unspecified atom stereocenters. The highest BCUT2D eigenvalue weighted by molar-refractivity contribution is 6.01. The largest absolute Gasteiger partial charge is 0.329 e. The summed E-state index contributed by atoms with van der Waals surface area (Å²) in [5.41, 5.74) is 0. The molecule has 0 aromatic carbocycles. The lowest BCUT2D eigenvalue weighted by atomic mass is 10.7. The third kappa shape index (κ3) is 0.677. The first-order valence-corrected chi connectivity index (χ1v) is 1.74. The lowest BCUT2D eigenvalue weighted by Crippen LogP contribution is -2.22. The lowest BCUT2D eigenvalue weighted by molar-refractivity contribution is -0.117. The summed E-state index contributed by atoms with van der Waals surface area (Å²) in [6, 6.07) is -0.588. The van der Waals surface area contributed by atoms with E-state index in [1.807, 2.05) is 10.6 Å². The predicted molar refractivity (Wildman–Crippen MR) is 21.5 cm³/mol.